The first-order valence-corrected chi connectivity index (χ1v) is 2.81. The van der Waals surface area contributed by atoms with Crippen LogP contribution in [0.15, 0.2) is 25.0 Å². The summed E-state index contributed by atoms with van der Waals surface area (Å²) >= 11 is 0. The summed E-state index contributed by atoms with van der Waals surface area (Å²) < 4.78 is 1.56. The van der Waals surface area contributed by atoms with E-state index in [1.165, 1.54) is 6.33 Å². The lowest BCUT2D eigenvalue weighted by Crippen LogP contribution is -1.95. The molecule has 50 valence electrons. The van der Waals surface area contributed by atoms with Crippen LogP contribution in [0.2, 0.25) is 0 Å². The summed E-state index contributed by atoms with van der Waals surface area (Å²) in [4.78, 5) is 10.6. The molecule has 2 aromatic rings. The zero-order valence-corrected chi connectivity index (χ0v) is 5.10. The van der Waals surface area contributed by atoms with E-state index < -0.39 is 0 Å². The Kier molecular flexibility index (Phi) is 1.00. The number of imidazole rings is 1. The Balaban J connectivity index is 2.48. The molecule has 0 aliphatic carbocycles. The lowest BCUT2D eigenvalue weighted by molar-refractivity contribution is 0.823. The molecule has 0 saturated heterocycles. The first kappa shape index (κ1) is 5.16. The average molecular weight is 135 g/mol. The molecule has 5 nitrogen and oxygen atoms in total. The number of H-pyrrole nitrogens is 1. The van der Waals surface area contributed by atoms with Gasteiger partial charge in [-0.2, -0.15) is 9.78 Å². The maximum atomic E-state index is 3.96. The second-order valence-electron chi connectivity index (χ2n) is 1.75. The monoisotopic (exact) mass is 135 g/mol. The Morgan fingerprint density at radius 2 is 2.50 bits per heavy atom. The first-order valence-electron chi connectivity index (χ1n) is 2.81. The predicted molar refractivity (Wildman–Crippen MR) is 33.5 cm³/mol. The van der Waals surface area contributed by atoms with E-state index in [0.717, 1.165) is 0 Å². The summed E-state index contributed by atoms with van der Waals surface area (Å²) in [7, 11) is 0. The van der Waals surface area contributed by atoms with Gasteiger partial charge in [0.05, 0.1) is 0 Å². The van der Waals surface area contributed by atoms with Crippen LogP contribution in [0.25, 0.3) is 5.95 Å². The maximum Gasteiger partial charge on any atom is 0.229 e. The molecule has 0 amide bonds. The van der Waals surface area contributed by atoms with Gasteiger partial charge in [-0.25, -0.2) is 9.97 Å². The van der Waals surface area contributed by atoms with Crippen LogP contribution in [0.3, 0.4) is 0 Å². The fourth-order valence-electron chi connectivity index (χ4n) is 0.700. The molecule has 10 heavy (non-hydrogen) atoms. The van der Waals surface area contributed by atoms with E-state index in [9.17, 15) is 0 Å². The van der Waals surface area contributed by atoms with E-state index in [-0.39, 0.29) is 0 Å². The Morgan fingerprint density at radius 3 is 3.10 bits per heavy atom. The van der Waals surface area contributed by atoms with Gasteiger partial charge in [0.2, 0.25) is 5.95 Å². The number of rotatable bonds is 1. The molecule has 0 atom stereocenters. The van der Waals surface area contributed by atoms with Gasteiger partial charge < -0.3 is 4.98 Å². The Bertz CT molecular complexity index is 249. The van der Waals surface area contributed by atoms with Gasteiger partial charge in [0, 0.05) is 12.4 Å². The topological polar surface area (TPSA) is 59.4 Å². The third kappa shape index (κ3) is 0.680. The highest BCUT2D eigenvalue weighted by Crippen LogP contribution is 1.92. The van der Waals surface area contributed by atoms with Crippen LogP contribution in [0, 0.1) is 0 Å². The van der Waals surface area contributed by atoms with Gasteiger partial charge in [-0.1, -0.05) is 0 Å². The Labute approximate surface area is 56.7 Å². The van der Waals surface area contributed by atoms with Crippen molar-refractivity contribution >= 4 is 0 Å². The van der Waals surface area contributed by atoms with Gasteiger partial charge in [-0.05, 0) is 0 Å². The van der Waals surface area contributed by atoms with Crippen molar-refractivity contribution in [2.24, 2.45) is 0 Å². The van der Waals surface area contributed by atoms with Gasteiger partial charge in [0.15, 0.2) is 0 Å². The molecule has 0 bridgehead atoms. The minimum Gasteiger partial charge on any atom is -0.329 e. The largest absolute Gasteiger partial charge is 0.329 e. The highest BCUT2D eigenvalue weighted by molar-refractivity contribution is 5.04. The molecule has 0 radical (unpaired) electrons. The molecule has 2 heterocycles. The summed E-state index contributed by atoms with van der Waals surface area (Å²) in [6.07, 6.45) is 6.44. The predicted octanol–water partition coefficient (Wildman–Crippen LogP) is -0.00960. The highest BCUT2D eigenvalue weighted by Gasteiger charge is 1.94. The van der Waals surface area contributed by atoms with Crippen LogP contribution >= 0.6 is 0 Å². The maximum absolute atomic E-state index is 3.96. The van der Waals surface area contributed by atoms with Crippen LogP contribution in [-0.2, 0) is 0 Å². The van der Waals surface area contributed by atoms with Gasteiger partial charge in [-0.3, -0.25) is 0 Å². The van der Waals surface area contributed by atoms with Crippen molar-refractivity contribution in [1.29, 1.82) is 0 Å². The van der Waals surface area contributed by atoms with Crippen molar-refractivity contribution < 1.29 is 0 Å². The van der Waals surface area contributed by atoms with Crippen molar-refractivity contribution in [3.05, 3.63) is 25.0 Å². The molecule has 0 aliphatic heterocycles. The Hall–Kier alpha value is -1.65. The number of hydrogen-bond donors (Lipinski definition) is 1. The van der Waals surface area contributed by atoms with E-state index >= 15 is 0 Å². The summed E-state index contributed by atoms with van der Waals surface area (Å²) in [5.74, 6) is 0.678. The number of aromatic amines is 1. The molecule has 0 saturated carbocycles. The van der Waals surface area contributed by atoms with Gasteiger partial charge in [-0.15, -0.1) is 0 Å². The van der Waals surface area contributed by atoms with Crippen LogP contribution in [0.5, 0.6) is 0 Å². The SMILES string of the molecule is c1c[nH]c(-n2cncn2)n1. The fourth-order valence-corrected chi connectivity index (χ4v) is 0.700. The minimum atomic E-state index is 0.678. The second-order valence-corrected chi connectivity index (χ2v) is 1.75. The summed E-state index contributed by atoms with van der Waals surface area (Å²) in [6, 6.07) is 0. The average Bonchev–Trinajstić information content (AvgIpc) is 2.59. The molecule has 2 aromatic heterocycles. The molecule has 0 fully saturated rings. The number of nitrogens with zero attached hydrogens (tertiary/aromatic N) is 4. The van der Waals surface area contributed by atoms with Crippen LogP contribution in [0.1, 0.15) is 0 Å². The highest BCUT2D eigenvalue weighted by atomic mass is 15.4. The third-order valence-electron chi connectivity index (χ3n) is 1.12. The van der Waals surface area contributed by atoms with Crippen molar-refractivity contribution in [2.45, 2.75) is 0 Å². The van der Waals surface area contributed by atoms with Crippen molar-refractivity contribution in [3.63, 3.8) is 0 Å². The molecule has 0 unspecified atom stereocenters. The summed E-state index contributed by atoms with van der Waals surface area (Å²) in [5, 5.41) is 3.87. The molecule has 0 aliphatic rings. The molecular formula is C5H5N5. The van der Waals surface area contributed by atoms with E-state index in [0.29, 0.717) is 5.95 Å². The quantitative estimate of drug-likeness (QED) is 0.598. The van der Waals surface area contributed by atoms with Gasteiger partial charge in [0.25, 0.3) is 0 Å². The summed E-state index contributed by atoms with van der Waals surface area (Å²) in [6.45, 7) is 0. The normalized spacial score (nSPS) is 10.0. The zero-order valence-electron chi connectivity index (χ0n) is 5.10. The molecule has 0 spiro atoms. The number of hydrogen-bond acceptors (Lipinski definition) is 3. The third-order valence-corrected chi connectivity index (χ3v) is 1.12. The van der Waals surface area contributed by atoms with Crippen LogP contribution < -0.4 is 0 Å². The molecule has 1 N–H and O–H groups in total. The van der Waals surface area contributed by atoms with Gasteiger partial charge in [0.1, 0.15) is 12.7 Å². The Morgan fingerprint density at radius 1 is 1.50 bits per heavy atom. The van der Waals surface area contributed by atoms with E-state index in [1.807, 2.05) is 0 Å². The molecular weight excluding hydrogens is 130 g/mol. The van der Waals surface area contributed by atoms with E-state index in [2.05, 4.69) is 20.1 Å². The zero-order chi connectivity index (χ0) is 6.81. The molecule has 5 heteroatoms. The van der Waals surface area contributed by atoms with Crippen LogP contribution in [0.4, 0.5) is 0 Å². The molecule has 2 rings (SSSR count). The first-order chi connectivity index (χ1) is 4.97. The lowest BCUT2D eigenvalue weighted by atomic mass is 11.0. The molecule has 0 aromatic carbocycles. The van der Waals surface area contributed by atoms with Gasteiger partial charge >= 0.3 is 0 Å². The lowest BCUT2D eigenvalue weighted by Gasteiger charge is -1.89. The standard InChI is InChI=1S/C5H5N5/c1-2-8-5(7-1)10-4-6-3-9-10/h1-4H,(H,7,8). The van der Waals surface area contributed by atoms with E-state index in [1.54, 1.807) is 23.4 Å². The number of aromatic nitrogens is 5. The smallest absolute Gasteiger partial charge is 0.229 e. The van der Waals surface area contributed by atoms with Crippen LogP contribution in [-0.4, -0.2) is 24.7 Å². The van der Waals surface area contributed by atoms with Crippen molar-refractivity contribution in [2.75, 3.05) is 0 Å². The van der Waals surface area contributed by atoms with E-state index in [4.69, 9.17) is 0 Å². The number of nitrogens with one attached hydrogen (secondary N) is 1. The second kappa shape index (κ2) is 1.94. The minimum absolute atomic E-state index is 0.678. The van der Waals surface area contributed by atoms with Crippen molar-refractivity contribution in [3.8, 4) is 5.95 Å². The summed E-state index contributed by atoms with van der Waals surface area (Å²) in [5.41, 5.74) is 0. The van der Waals surface area contributed by atoms with Crippen molar-refractivity contribution in [1.82, 2.24) is 24.7 Å². The fraction of sp³-hybridized carbons (Fsp3) is 0.